The normalized spacial score (nSPS) is 33.1. The van der Waals surface area contributed by atoms with Crippen LogP contribution >= 0.6 is 0 Å². The van der Waals surface area contributed by atoms with E-state index in [-0.39, 0.29) is 24.2 Å². The van der Waals surface area contributed by atoms with E-state index in [0.717, 1.165) is 32.4 Å². The lowest BCUT2D eigenvalue weighted by Crippen LogP contribution is -2.66. The quantitative estimate of drug-likeness (QED) is 0.764. The van der Waals surface area contributed by atoms with Gasteiger partial charge in [0.05, 0.1) is 12.1 Å². The second-order valence-corrected chi connectivity index (χ2v) is 4.92. The van der Waals surface area contributed by atoms with E-state index in [4.69, 9.17) is 10.5 Å². The predicted octanol–water partition coefficient (Wildman–Crippen LogP) is 0.687. The molecule has 1 aliphatic heterocycles. The number of likely N-dealkylation sites (tertiary alicyclic amines) is 1. The maximum Gasteiger partial charge on any atom is 0.317 e. The second kappa shape index (κ2) is 5.69. The topological polar surface area (TPSA) is 67.6 Å². The van der Waals surface area contributed by atoms with Gasteiger partial charge in [-0.05, 0) is 32.6 Å². The van der Waals surface area contributed by atoms with Crippen molar-refractivity contribution in [2.75, 3.05) is 19.7 Å². The Kier molecular flexibility index (Phi) is 4.23. The van der Waals surface area contributed by atoms with Gasteiger partial charge in [-0.1, -0.05) is 0 Å². The standard InChI is InChI=1S/C12H23N3O2/c1-2-17-10-8-9(13)11(10)14-12(16)15-6-4-3-5-7-15/h9-11H,2-8,13H2,1H3,(H,14,16). The van der Waals surface area contributed by atoms with Gasteiger partial charge >= 0.3 is 6.03 Å². The summed E-state index contributed by atoms with van der Waals surface area (Å²) in [7, 11) is 0. The monoisotopic (exact) mass is 241 g/mol. The maximum atomic E-state index is 12.0. The third kappa shape index (κ3) is 2.90. The lowest BCUT2D eigenvalue weighted by Gasteiger charge is -2.43. The van der Waals surface area contributed by atoms with E-state index in [1.807, 2.05) is 11.8 Å². The number of hydrogen-bond donors (Lipinski definition) is 2. The zero-order valence-electron chi connectivity index (χ0n) is 10.5. The van der Waals surface area contributed by atoms with Gasteiger partial charge in [-0.25, -0.2) is 4.79 Å². The van der Waals surface area contributed by atoms with Crippen molar-refractivity contribution in [1.29, 1.82) is 0 Å². The fourth-order valence-electron chi connectivity index (χ4n) is 2.56. The Morgan fingerprint density at radius 2 is 2.12 bits per heavy atom. The Morgan fingerprint density at radius 3 is 2.71 bits per heavy atom. The highest BCUT2D eigenvalue weighted by molar-refractivity contribution is 5.75. The smallest absolute Gasteiger partial charge is 0.317 e. The second-order valence-electron chi connectivity index (χ2n) is 4.92. The van der Waals surface area contributed by atoms with Crippen molar-refractivity contribution < 1.29 is 9.53 Å². The summed E-state index contributed by atoms with van der Waals surface area (Å²) < 4.78 is 5.54. The number of rotatable bonds is 3. The van der Waals surface area contributed by atoms with Crippen molar-refractivity contribution in [1.82, 2.24) is 10.2 Å². The molecule has 0 aromatic carbocycles. The molecule has 5 heteroatoms. The van der Waals surface area contributed by atoms with E-state index in [1.54, 1.807) is 0 Å². The largest absolute Gasteiger partial charge is 0.376 e. The number of amides is 2. The van der Waals surface area contributed by atoms with E-state index < -0.39 is 0 Å². The highest BCUT2D eigenvalue weighted by Crippen LogP contribution is 2.23. The Labute approximate surface area is 103 Å². The molecule has 0 aromatic heterocycles. The van der Waals surface area contributed by atoms with E-state index in [1.165, 1.54) is 6.42 Å². The average Bonchev–Trinajstić information content (AvgIpc) is 2.36. The predicted molar refractivity (Wildman–Crippen MR) is 65.8 cm³/mol. The minimum absolute atomic E-state index is 0.00984. The summed E-state index contributed by atoms with van der Waals surface area (Å²) in [5.74, 6) is 0. The van der Waals surface area contributed by atoms with Crippen LogP contribution in [0.2, 0.25) is 0 Å². The van der Waals surface area contributed by atoms with Gasteiger partial charge in [0.15, 0.2) is 0 Å². The van der Waals surface area contributed by atoms with E-state index in [2.05, 4.69) is 5.32 Å². The van der Waals surface area contributed by atoms with E-state index in [9.17, 15) is 4.79 Å². The van der Waals surface area contributed by atoms with Crippen LogP contribution < -0.4 is 11.1 Å². The fourth-order valence-corrected chi connectivity index (χ4v) is 2.56. The molecule has 1 aliphatic carbocycles. The molecule has 1 saturated carbocycles. The molecule has 3 N–H and O–H groups in total. The Hall–Kier alpha value is -0.810. The Morgan fingerprint density at radius 1 is 1.41 bits per heavy atom. The number of hydrogen-bond acceptors (Lipinski definition) is 3. The summed E-state index contributed by atoms with van der Waals surface area (Å²) in [5.41, 5.74) is 5.91. The molecular formula is C12H23N3O2. The minimum Gasteiger partial charge on any atom is -0.376 e. The molecule has 98 valence electrons. The third-order valence-electron chi connectivity index (χ3n) is 3.68. The number of nitrogens with two attached hydrogens (primary N) is 1. The molecule has 0 radical (unpaired) electrons. The lowest BCUT2D eigenvalue weighted by atomic mass is 9.83. The van der Waals surface area contributed by atoms with E-state index >= 15 is 0 Å². The molecular weight excluding hydrogens is 218 g/mol. The summed E-state index contributed by atoms with van der Waals surface area (Å²) in [4.78, 5) is 13.9. The highest BCUT2D eigenvalue weighted by Gasteiger charge is 2.41. The third-order valence-corrected chi connectivity index (χ3v) is 3.68. The summed E-state index contributed by atoms with van der Waals surface area (Å²) in [6.07, 6.45) is 4.40. The first-order valence-corrected chi connectivity index (χ1v) is 6.65. The van der Waals surface area contributed by atoms with Crippen LogP contribution in [0.4, 0.5) is 4.79 Å². The van der Waals surface area contributed by atoms with Crippen LogP contribution in [0.25, 0.3) is 0 Å². The van der Waals surface area contributed by atoms with Crippen molar-refractivity contribution in [3.63, 3.8) is 0 Å². The minimum atomic E-state index is -0.00984. The molecule has 2 rings (SSSR count). The first kappa shape index (κ1) is 12.6. The van der Waals surface area contributed by atoms with Gasteiger partial charge < -0.3 is 20.7 Å². The number of nitrogens with one attached hydrogen (secondary N) is 1. The zero-order chi connectivity index (χ0) is 12.3. The summed E-state index contributed by atoms with van der Waals surface area (Å²) in [6.45, 7) is 4.38. The molecule has 2 amide bonds. The Balaban J connectivity index is 1.80. The van der Waals surface area contributed by atoms with E-state index in [0.29, 0.717) is 6.61 Å². The number of nitrogens with zero attached hydrogens (tertiary/aromatic N) is 1. The lowest BCUT2D eigenvalue weighted by molar-refractivity contribution is -0.0296. The van der Waals surface area contributed by atoms with Crippen LogP contribution in [0.15, 0.2) is 0 Å². The van der Waals surface area contributed by atoms with Crippen LogP contribution in [0.3, 0.4) is 0 Å². The molecule has 1 saturated heterocycles. The number of urea groups is 1. The fraction of sp³-hybridized carbons (Fsp3) is 0.917. The highest BCUT2D eigenvalue weighted by atomic mass is 16.5. The van der Waals surface area contributed by atoms with Crippen molar-refractivity contribution >= 4 is 6.03 Å². The molecule has 0 spiro atoms. The first-order chi connectivity index (χ1) is 8.22. The molecule has 5 nitrogen and oxygen atoms in total. The maximum absolute atomic E-state index is 12.0. The van der Waals surface area contributed by atoms with Crippen LogP contribution in [-0.4, -0.2) is 48.8 Å². The van der Waals surface area contributed by atoms with Gasteiger partial charge in [-0.2, -0.15) is 0 Å². The van der Waals surface area contributed by atoms with Gasteiger partial charge in [-0.15, -0.1) is 0 Å². The first-order valence-electron chi connectivity index (χ1n) is 6.65. The average molecular weight is 241 g/mol. The molecule has 0 aromatic rings. The van der Waals surface area contributed by atoms with Crippen molar-refractivity contribution in [2.45, 2.75) is 50.8 Å². The van der Waals surface area contributed by atoms with Crippen molar-refractivity contribution in [3.8, 4) is 0 Å². The molecule has 1 heterocycles. The van der Waals surface area contributed by atoms with Crippen LogP contribution in [0.1, 0.15) is 32.6 Å². The van der Waals surface area contributed by atoms with Gasteiger partial charge in [0, 0.05) is 25.7 Å². The van der Waals surface area contributed by atoms with Gasteiger partial charge in [0.2, 0.25) is 0 Å². The summed E-state index contributed by atoms with van der Waals surface area (Å²) in [5, 5.41) is 3.01. The zero-order valence-corrected chi connectivity index (χ0v) is 10.5. The SMILES string of the molecule is CCOC1CC(N)C1NC(=O)N1CCCCC1. The molecule has 17 heavy (non-hydrogen) atoms. The summed E-state index contributed by atoms with van der Waals surface area (Å²) >= 11 is 0. The molecule has 0 bridgehead atoms. The molecule has 2 aliphatic rings. The molecule has 3 unspecified atom stereocenters. The number of ether oxygens (including phenoxy) is 1. The molecule has 3 atom stereocenters. The van der Waals surface area contributed by atoms with Crippen LogP contribution in [-0.2, 0) is 4.74 Å². The number of carbonyl (C=O) groups is 1. The number of piperidine rings is 1. The van der Waals surface area contributed by atoms with Crippen molar-refractivity contribution in [3.05, 3.63) is 0 Å². The number of carbonyl (C=O) groups excluding carboxylic acids is 1. The van der Waals surface area contributed by atoms with Crippen LogP contribution in [0, 0.1) is 0 Å². The van der Waals surface area contributed by atoms with Crippen molar-refractivity contribution in [2.24, 2.45) is 5.73 Å². The van der Waals surface area contributed by atoms with Gasteiger partial charge in [-0.3, -0.25) is 0 Å². The summed E-state index contributed by atoms with van der Waals surface area (Å²) in [6, 6.07) is 0.0548. The van der Waals surface area contributed by atoms with Gasteiger partial charge in [0.25, 0.3) is 0 Å². The Bertz CT molecular complexity index is 264. The van der Waals surface area contributed by atoms with Gasteiger partial charge in [0.1, 0.15) is 0 Å². The molecule has 2 fully saturated rings. The van der Waals surface area contributed by atoms with Crippen LogP contribution in [0.5, 0.6) is 0 Å².